The average molecular weight is 394 g/mol. The Morgan fingerprint density at radius 3 is 1.36 bits per heavy atom. The van der Waals surface area contributed by atoms with Crippen molar-refractivity contribution < 1.29 is 0 Å². The number of hydrogen-bond acceptors (Lipinski definition) is 1. The zero-order chi connectivity index (χ0) is 18.2. The summed E-state index contributed by atoms with van der Waals surface area (Å²) in [5.41, 5.74) is 0. The Balaban J connectivity index is 6.62. The average Bonchev–Trinajstić information content (AvgIpc) is 2.05. The van der Waals surface area contributed by atoms with Gasteiger partial charge in [-0.15, -0.1) is 0 Å². The largest absolute Gasteiger partial charge is 0.310 e. The summed E-state index contributed by atoms with van der Waals surface area (Å²) in [7, 11) is -7.93. The van der Waals surface area contributed by atoms with Gasteiger partial charge in [0.2, 0.25) is 0 Å². The van der Waals surface area contributed by atoms with Gasteiger partial charge in [-0.05, 0) is 25.5 Å². The number of nitrogens with zero attached hydrogens (tertiary/aromatic N) is 2. The summed E-state index contributed by atoms with van der Waals surface area (Å²) in [6.07, 6.45) is 0. The first kappa shape index (κ1) is 22.8. The molecule has 0 amide bonds. The van der Waals surface area contributed by atoms with E-state index in [1.165, 1.54) is 0 Å². The van der Waals surface area contributed by atoms with E-state index >= 15 is 0 Å². The van der Waals surface area contributed by atoms with Crippen molar-refractivity contribution >= 4 is 40.3 Å². The maximum atomic E-state index is 5.53. The van der Waals surface area contributed by atoms with Crippen molar-refractivity contribution in [3.63, 3.8) is 0 Å². The van der Waals surface area contributed by atoms with Crippen LogP contribution in [0.4, 0.5) is 0 Å². The first-order valence-electron chi connectivity index (χ1n) is 8.21. The van der Waals surface area contributed by atoms with Gasteiger partial charge in [0, 0.05) is 0 Å². The lowest BCUT2D eigenvalue weighted by atomic mass is 11.3. The molecule has 0 aromatic rings. The molecule has 3 nitrogen and oxygen atoms in total. The van der Waals surface area contributed by atoms with Gasteiger partial charge in [-0.25, -0.2) is 0 Å². The van der Waals surface area contributed by atoms with Crippen LogP contribution in [-0.4, -0.2) is 36.9 Å². The second-order valence-electron chi connectivity index (χ2n) is 10.1. The molecule has 1 N–H and O–H groups in total. The third-order valence-electron chi connectivity index (χ3n) is 2.78. The highest BCUT2D eigenvalue weighted by atomic mass is 31.2. The first-order chi connectivity index (χ1) is 9.34. The molecule has 0 heterocycles. The molecular formula is C14H40N3PSi4. The lowest BCUT2D eigenvalue weighted by Gasteiger charge is -2.52. The molecule has 0 bridgehead atoms. The van der Waals surface area contributed by atoms with Gasteiger partial charge in [-0.1, -0.05) is 65.5 Å². The van der Waals surface area contributed by atoms with Gasteiger partial charge in [-0.3, -0.25) is 8.75 Å². The summed E-state index contributed by atoms with van der Waals surface area (Å²) < 4.78 is 12.5. The van der Waals surface area contributed by atoms with E-state index in [1.54, 1.807) is 0 Å². The Morgan fingerprint density at radius 2 is 1.18 bits per heavy atom. The Bertz CT molecular complexity index is 437. The molecule has 22 heavy (non-hydrogen) atoms. The highest BCUT2D eigenvalue weighted by Crippen LogP contribution is 2.57. The Kier molecular flexibility index (Phi) is 7.18. The van der Waals surface area contributed by atoms with E-state index < -0.39 is 40.3 Å². The molecule has 0 aromatic carbocycles. The summed E-state index contributed by atoms with van der Waals surface area (Å²) in [4.78, 5) is 0. The van der Waals surface area contributed by atoms with Crippen molar-refractivity contribution in [2.24, 2.45) is 4.41 Å². The smallest absolute Gasteiger partial charge is 0.174 e. The lowest BCUT2D eigenvalue weighted by molar-refractivity contribution is 0.947. The summed E-state index contributed by atoms with van der Waals surface area (Å²) in [6, 6.07) is 0. The topological polar surface area (TPSA) is 27.6 Å². The van der Waals surface area contributed by atoms with Crippen molar-refractivity contribution in [2.45, 2.75) is 78.6 Å². The van der Waals surface area contributed by atoms with Crippen LogP contribution in [0.15, 0.2) is 16.8 Å². The summed E-state index contributed by atoms with van der Waals surface area (Å²) in [5.74, 6) is 2.21. The Labute approximate surface area is 144 Å². The summed E-state index contributed by atoms with van der Waals surface area (Å²) >= 11 is 0. The molecule has 1 unspecified atom stereocenters. The maximum Gasteiger partial charge on any atom is 0.174 e. The SMILES string of the molecule is C=CP(=N[Si](C)(C)C)(N[Si](C)(C)C)N([Si](C)(C)C)[Si](C)(C)C. The quantitative estimate of drug-likeness (QED) is 0.400. The van der Waals surface area contributed by atoms with Gasteiger partial charge in [0.1, 0.15) is 24.7 Å². The minimum Gasteiger partial charge on any atom is -0.310 e. The maximum absolute atomic E-state index is 5.53. The molecule has 0 rings (SSSR count). The van der Waals surface area contributed by atoms with Crippen LogP contribution in [0.2, 0.25) is 78.6 Å². The lowest BCUT2D eigenvalue weighted by Crippen LogP contribution is -2.60. The van der Waals surface area contributed by atoms with Gasteiger partial charge < -0.3 is 4.41 Å². The van der Waals surface area contributed by atoms with Gasteiger partial charge in [0.05, 0.1) is 7.36 Å². The molecule has 132 valence electrons. The number of nitrogens with one attached hydrogen (secondary N) is 1. The number of hydrogen-bond donors (Lipinski definition) is 1. The highest BCUT2D eigenvalue weighted by molar-refractivity contribution is 7.71. The summed E-state index contributed by atoms with van der Waals surface area (Å²) in [6.45, 7) is 33.3. The third-order valence-corrected chi connectivity index (χ3v) is 23.5. The van der Waals surface area contributed by atoms with E-state index in [9.17, 15) is 0 Å². The van der Waals surface area contributed by atoms with Crippen molar-refractivity contribution in [1.82, 2.24) is 8.75 Å². The predicted molar refractivity (Wildman–Crippen MR) is 118 cm³/mol. The highest BCUT2D eigenvalue weighted by Gasteiger charge is 2.45. The molecule has 0 aliphatic heterocycles. The number of rotatable bonds is 7. The van der Waals surface area contributed by atoms with Crippen LogP contribution >= 0.6 is 7.36 Å². The van der Waals surface area contributed by atoms with Gasteiger partial charge in [-0.2, -0.15) is 0 Å². The summed E-state index contributed by atoms with van der Waals surface area (Å²) in [5, 5.41) is 0. The van der Waals surface area contributed by atoms with Crippen LogP contribution in [0.25, 0.3) is 0 Å². The van der Waals surface area contributed by atoms with E-state index in [1.807, 2.05) is 0 Å². The van der Waals surface area contributed by atoms with Crippen LogP contribution in [-0.2, 0) is 0 Å². The van der Waals surface area contributed by atoms with Crippen LogP contribution < -0.4 is 4.75 Å². The van der Waals surface area contributed by atoms with Crippen molar-refractivity contribution in [2.75, 3.05) is 0 Å². The van der Waals surface area contributed by atoms with Gasteiger partial charge in [0.15, 0.2) is 8.24 Å². The minimum atomic E-state index is -1.85. The van der Waals surface area contributed by atoms with Crippen LogP contribution in [0.3, 0.4) is 0 Å². The first-order valence-corrected chi connectivity index (χ1v) is 23.8. The molecule has 0 aromatic heterocycles. The fourth-order valence-corrected chi connectivity index (χ4v) is 30.6. The zero-order valence-electron chi connectivity index (χ0n) is 17.1. The molecule has 0 spiro atoms. The van der Waals surface area contributed by atoms with Gasteiger partial charge in [0.25, 0.3) is 0 Å². The molecule has 0 saturated carbocycles. The van der Waals surface area contributed by atoms with Crippen molar-refractivity contribution in [1.29, 1.82) is 0 Å². The Morgan fingerprint density at radius 1 is 0.818 bits per heavy atom. The van der Waals surface area contributed by atoms with Gasteiger partial charge >= 0.3 is 0 Å². The Hall–Kier alpha value is 0.758. The van der Waals surface area contributed by atoms with E-state index in [-0.39, 0.29) is 0 Å². The van der Waals surface area contributed by atoms with Crippen LogP contribution in [0.1, 0.15) is 0 Å². The van der Waals surface area contributed by atoms with E-state index in [0.717, 1.165) is 0 Å². The van der Waals surface area contributed by atoms with E-state index in [0.29, 0.717) is 0 Å². The second-order valence-corrected chi connectivity index (χ2v) is 33.5. The van der Waals surface area contributed by atoms with E-state index in [2.05, 4.69) is 99.7 Å². The van der Waals surface area contributed by atoms with Crippen molar-refractivity contribution in [3.05, 3.63) is 12.4 Å². The molecule has 0 aliphatic carbocycles. The normalized spacial score (nSPS) is 17.3. The molecule has 0 fully saturated rings. The molecular weight excluding hydrogens is 353 g/mol. The fraction of sp³-hybridized carbons (Fsp3) is 0.857. The van der Waals surface area contributed by atoms with Crippen LogP contribution in [0, 0.1) is 0 Å². The predicted octanol–water partition coefficient (Wildman–Crippen LogP) is 6.39. The minimum absolute atomic E-state index is 1.47. The monoisotopic (exact) mass is 393 g/mol. The standard InChI is InChI=1S/C14H40N3PSi4/c1-14-18(15-19(2,3)4,16-20(5,6)7)17(21(8,9)10)22(11,12)13/h14-15H,1H2,2-13H3. The van der Waals surface area contributed by atoms with Crippen molar-refractivity contribution in [3.8, 4) is 0 Å². The molecule has 0 aliphatic rings. The third kappa shape index (κ3) is 7.11. The molecule has 0 saturated heterocycles. The van der Waals surface area contributed by atoms with E-state index in [4.69, 9.17) is 4.41 Å². The zero-order valence-corrected chi connectivity index (χ0v) is 22.0. The second kappa shape index (κ2) is 6.94. The van der Waals surface area contributed by atoms with Crippen LogP contribution in [0.5, 0.6) is 0 Å². The molecule has 0 radical (unpaired) electrons. The molecule has 8 heteroatoms. The fourth-order valence-electron chi connectivity index (χ4n) is 3.16. The molecule has 1 atom stereocenters.